The number of hydrogen-bond acceptors (Lipinski definition) is 4. The normalized spacial score (nSPS) is 12.5. The molecule has 112 valence electrons. The van der Waals surface area contributed by atoms with Crippen LogP contribution in [0.5, 0.6) is 0 Å². The van der Waals surface area contributed by atoms with Crippen LogP contribution in [-0.4, -0.2) is 37.2 Å². The Morgan fingerprint density at radius 1 is 1.32 bits per heavy atom. The Morgan fingerprint density at radius 2 is 1.95 bits per heavy atom. The van der Waals surface area contributed by atoms with Crippen molar-refractivity contribution in [2.45, 2.75) is 46.0 Å². The van der Waals surface area contributed by atoms with Gasteiger partial charge in [-0.25, -0.2) is 0 Å². The lowest BCUT2D eigenvalue weighted by Crippen LogP contribution is -2.49. The molecule has 0 saturated heterocycles. The molecule has 0 aromatic carbocycles. The number of amides is 1. The number of amidine groups is 1. The molecule has 0 aliphatic carbocycles. The predicted molar refractivity (Wildman–Crippen MR) is 75.2 cm³/mol. The van der Waals surface area contributed by atoms with E-state index in [0.717, 1.165) is 25.9 Å². The molecule has 0 aliphatic heterocycles. The number of hydrogen-bond donors (Lipinski definition) is 3. The summed E-state index contributed by atoms with van der Waals surface area (Å²) in [5.74, 6) is -0.186. The Morgan fingerprint density at radius 3 is 2.42 bits per heavy atom. The van der Waals surface area contributed by atoms with Gasteiger partial charge in [0.15, 0.2) is 5.84 Å². The SMILES string of the molecule is CCC(CC)(C(=O)NCCCCCOC)C(N)=NO. The topological polar surface area (TPSA) is 96.9 Å². The number of carbonyl (C=O) groups is 1. The Hall–Kier alpha value is -1.30. The first-order chi connectivity index (χ1) is 9.08. The number of oxime groups is 1. The van der Waals surface area contributed by atoms with Crippen LogP contribution >= 0.6 is 0 Å². The van der Waals surface area contributed by atoms with Gasteiger partial charge in [-0.1, -0.05) is 19.0 Å². The molecule has 0 rings (SSSR count). The van der Waals surface area contributed by atoms with Gasteiger partial charge in [0.2, 0.25) is 5.91 Å². The van der Waals surface area contributed by atoms with Crippen molar-refractivity contribution in [2.75, 3.05) is 20.3 Å². The molecule has 4 N–H and O–H groups in total. The van der Waals surface area contributed by atoms with Crippen LogP contribution in [0.1, 0.15) is 46.0 Å². The lowest BCUT2D eigenvalue weighted by Gasteiger charge is -2.28. The third kappa shape index (κ3) is 5.06. The van der Waals surface area contributed by atoms with Gasteiger partial charge in [0.1, 0.15) is 5.41 Å². The Labute approximate surface area is 115 Å². The van der Waals surface area contributed by atoms with Crippen LogP contribution in [0.25, 0.3) is 0 Å². The maximum atomic E-state index is 12.2. The van der Waals surface area contributed by atoms with Crippen molar-refractivity contribution in [2.24, 2.45) is 16.3 Å². The Kier molecular flexibility index (Phi) is 8.95. The van der Waals surface area contributed by atoms with Gasteiger partial charge < -0.3 is 21.0 Å². The summed E-state index contributed by atoms with van der Waals surface area (Å²) >= 11 is 0. The van der Waals surface area contributed by atoms with Crippen LogP contribution in [0.4, 0.5) is 0 Å². The van der Waals surface area contributed by atoms with Gasteiger partial charge in [0.25, 0.3) is 0 Å². The summed E-state index contributed by atoms with van der Waals surface area (Å²) in [5.41, 5.74) is 4.77. The number of carbonyl (C=O) groups excluding carboxylic acids is 1. The fraction of sp³-hybridized carbons (Fsp3) is 0.846. The number of unbranched alkanes of at least 4 members (excludes halogenated alkanes) is 2. The van der Waals surface area contributed by atoms with E-state index in [9.17, 15) is 4.79 Å². The van der Waals surface area contributed by atoms with Crippen molar-refractivity contribution in [3.05, 3.63) is 0 Å². The first-order valence-electron chi connectivity index (χ1n) is 6.84. The van der Waals surface area contributed by atoms with E-state index >= 15 is 0 Å². The third-order valence-corrected chi connectivity index (χ3v) is 3.55. The smallest absolute Gasteiger partial charge is 0.233 e. The van der Waals surface area contributed by atoms with Gasteiger partial charge in [0, 0.05) is 20.3 Å². The first kappa shape index (κ1) is 17.7. The number of methoxy groups -OCH3 is 1. The summed E-state index contributed by atoms with van der Waals surface area (Å²) < 4.78 is 4.96. The molecule has 0 saturated carbocycles. The molecular formula is C13H27N3O3. The van der Waals surface area contributed by atoms with Crippen LogP contribution in [0.3, 0.4) is 0 Å². The molecule has 0 aromatic heterocycles. The zero-order valence-corrected chi connectivity index (χ0v) is 12.2. The maximum Gasteiger partial charge on any atom is 0.233 e. The standard InChI is InChI=1S/C13H27N3O3/c1-4-13(5-2,11(14)16-18)12(17)15-9-7-6-8-10-19-3/h18H,4-10H2,1-3H3,(H2,14,16)(H,15,17). The maximum absolute atomic E-state index is 12.2. The minimum absolute atomic E-state index is 0.0191. The van der Waals surface area contributed by atoms with Crippen LogP contribution in [0.2, 0.25) is 0 Å². The number of nitrogens with one attached hydrogen (secondary N) is 1. The van der Waals surface area contributed by atoms with Crippen molar-refractivity contribution < 1.29 is 14.7 Å². The van der Waals surface area contributed by atoms with Gasteiger partial charge in [-0.3, -0.25) is 4.79 Å². The fourth-order valence-electron chi connectivity index (χ4n) is 2.06. The van der Waals surface area contributed by atoms with E-state index in [1.807, 2.05) is 13.8 Å². The van der Waals surface area contributed by atoms with Crippen LogP contribution in [0, 0.1) is 5.41 Å². The summed E-state index contributed by atoms with van der Waals surface area (Å²) in [7, 11) is 1.68. The lowest BCUT2D eigenvalue weighted by molar-refractivity contribution is -0.128. The minimum atomic E-state index is -0.902. The highest BCUT2D eigenvalue weighted by Gasteiger charge is 2.39. The zero-order chi connectivity index (χ0) is 14.7. The average molecular weight is 273 g/mol. The molecule has 0 fully saturated rings. The molecule has 0 aromatic rings. The van der Waals surface area contributed by atoms with Gasteiger partial charge in [-0.2, -0.15) is 0 Å². The van der Waals surface area contributed by atoms with Gasteiger partial charge >= 0.3 is 0 Å². The lowest BCUT2D eigenvalue weighted by atomic mass is 9.80. The van der Waals surface area contributed by atoms with E-state index in [4.69, 9.17) is 15.7 Å². The van der Waals surface area contributed by atoms with Gasteiger partial charge in [-0.05, 0) is 32.1 Å². The fourth-order valence-corrected chi connectivity index (χ4v) is 2.06. The molecule has 0 aliphatic rings. The Balaban J connectivity index is 4.28. The summed E-state index contributed by atoms with van der Waals surface area (Å²) in [6.45, 7) is 5.06. The van der Waals surface area contributed by atoms with E-state index in [2.05, 4.69) is 10.5 Å². The van der Waals surface area contributed by atoms with E-state index in [1.54, 1.807) is 7.11 Å². The molecule has 0 unspecified atom stereocenters. The van der Waals surface area contributed by atoms with E-state index in [0.29, 0.717) is 19.4 Å². The van der Waals surface area contributed by atoms with Crippen LogP contribution in [-0.2, 0) is 9.53 Å². The van der Waals surface area contributed by atoms with Crippen molar-refractivity contribution in [3.63, 3.8) is 0 Å². The van der Waals surface area contributed by atoms with Crippen LogP contribution < -0.4 is 11.1 Å². The highest BCUT2D eigenvalue weighted by molar-refractivity contribution is 6.06. The summed E-state index contributed by atoms with van der Waals surface area (Å²) in [4.78, 5) is 12.2. The first-order valence-corrected chi connectivity index (χ1v) is 6.84. The van der Waals surface area contributed by atoms with Gasteiger partial charge in [0.05, 0.1) is 0 Å². The van der Waals surface area contributed by atoms with Crippen LogP contribution in [0.15, 0.2) is 5.16 Å². The zero-order valence-electron chi connectivity index (χ0n) is 12.2. The number of rotatable bonds is 10. The molecule has 1 amide bonds. The number of nitrogens with zero attached hydrogens (tertiary/aromatic N) is 1. The predicted octanol–water partition coefficient (Wildman–Crippen LogP) is 1.47. The molecule has 0 radical (unpaired) electrons. The second-order valence-corrected chi connectivity index (χ2v) is 4.58. The van der Waals surface area contributed by atoms with Gasteiger partial charge in [-0.15, -0.1) is 0 Å². The molecule has 0 spiro atoms. The quantitative estimate of drug-likeness (QED) is 0.185. The highest BCUT2D eigenvalue weighted by atomic mass is 16.5. The van der Waals surface area contributed by atoms with Crippen molar-refractivity contribution in [1.82, 2.24) is 5.32 Å². The molecule has 6 nitrogen and oxygen atoms in total. The summed E-state index contributed by atoms with van der Waals surface area (Å²) in [6, 6.07) is 0. The summed E-state index contributed by atoms with van der Waals surface area (Å²) in [6.07, 6.45) is 3.90. The largest absolute Gasteiger partial charge is 0.409 e. The second kappa shape index (κ2) is 9.61. The molecular weight excluding hydrogens is 246 g/mol. The molecule has 19 heavy (non-hydrogen) atoms. The van der Waals surface area contributed by atoms with Crippen molar-refractivity contribution >= 4 is 11.7 Å². The average Bonchev–Trinajstić information content (AvgIpc) is 2.44. The van der Waals surface area contributed by atoms with Crippen molar-refractivity contribution in [1.29, 1.82) is 0 Å². The molecule has 0 bridgehead atoms. The van der Waals surface area contributed by atoms with E-state index < -0.39 is 5.41 Å². The van der Waals surface area contributed by atoms with E-state index in [1.165, 1.54) is 0 Å². The Bertz CT molecular complexity index is 289. The molecule has 6 heteroatoms. The number of nitrogens with two attached hydrogens (primary N) is 1. The second-order valence-electron chi connectivity index (χ2n) is 4.58. The summed E-state index contributed by atoms with van der Waals surface area (Å²) in [5, 5.41) is 14.7. The third-order valence-electron chi connectivity index (χ3n) is 3.55. The molecule has 0 heterocycles. The van der Waals surface area contributed by atoms with E-state index in [-0.39, 0.29) is 11.7 Å². The monoisotopic (exact) mass is 273 g/mol. The number of ether oxygens (including phenoxy) is 1. The molecule has 0 atom stereocenters. The highest BCUT2D eigenvalue weighted by Crippen LogP contribution is 2.26. The van der Waals surface area contributed by atoms with Crippen molar-refractivity contribution in [3.8, 4) is 0 Å². The minimum Gasteiger partial charge on any atom is -0.409 e.